The van der Waals surface area contributed by atoms with E-state index < -0.39 is 10.0 Å². The molecule has 0 aliphatic heterocycles. The Bertz CT molecular complexity index is 527. The monoisotopic (exact) mass is 430 g/mol. The van der Waals surface area contributed by atoms with Gasteiger partial charge in [0.1, 0.15) is 4.90 Å². The summed E-state index contributed by atoms with van der Waals surface area (Å²) < 4.78 is 28.2. The van der Waals surface area contributed by atoms with Gasteiger partial charge in [-0.1, -0.05) is 0 Å². The molecule has 0 aliphatic rings. The van der Waals surface area contributed by atoms with Crippen molar-refractivity contribution in [3.8, 4) is 0 Å². The minimum Gasteiger partial charge on any atom is -0.399 e. The number of halogens is 2. The van der Waals surface area contributed by atoms with Gasteiger partial charge in [-0.2, -0.15) is 11.8 Å². The van der Waals surface area contributed by atoms with Crippen molar-refractivity contribution in [1.29, 1.82) is 0 Å². The minimum atomic E-state index is -3.58. The van der Waals surface area contributed by atoms with Crippen molar-refractivity contribution < 1.29 is 8.42 Å². The Hall–Kier alpha value is 0.240. The molecule has 1 atom stereocenters. The summed E-state index contributed by atoms with van der Waals surface area (Å²) in [4.78, 5) is 0.178. The molecule has 0 amide bonds. The normalized spacial score (nSPS) is 13.5. The van der Waals surface area contributed by atoms with Crippen molar-refractivity contribution in [1.82, 2.24) is 4.72 Å². The first-order valence-corrected chi connectivity index (χ1v) is 10.00. The van der Waals surface area contributed by atoms with E-state index >= 15 is 0 Å². The predicted octanol–water partition coefficient (Wildman–Crippen LogP) is 3.21. The lowest BCUT2D eigenvalue weighted by atomic mass is 10.3. The van der Waals surface area contributed by atoms with Crippen molar-refractivity contribution in [2.24, 2.45) is 0 Å². The Morgan fingerprint density at radius 3 is 2.37 bits per heavy atom. The Balaban J connectivity index is 3.01. The van der Waals surface area contributed by atoms with Gasteiger partial charge in [0.05, 0.1) is 0 Å². The molecule has 0 heterocycles. The molecule has 1 unspecified atom stereocenters. The molecule has 0 aromatic heterocycles. The van der Waals surface area contributed by atoms with E-state index in [2.05, 4.69) is 36.6 Å². The Labute approximate surface area is 135 Å². The number of thioether (sulfide) groups is 1. The van der Waals surface area contributed by atoms with Gasteiger partial charge in [0.15, 0.2) is 0 Å². The van der Waals surface area contributed by atoms with E-state index in [-0.39, 0.29) is 10.9 Å². The van der Waals surface area contributed by atoms with E-state index in [0.29, 0.717) is 14.6 Å². The molecule has 0 aliphatic carbocycles. The first-order valence-electron chi connectivity index (χ1n) is 5.53. The number of nitrogens with two attached hydrogens (primary N) is 1. The molecule has 4 nitrogen and oxygen atoms in total. The smallest absolute Gasteiger partial charge is 0.243 e. The molecule has 19 heavy (non-hydrogen) atoms. The summed E-state index contributed by atoms with van der Waals surface area (Å²) >= 11 is 8.18. The highest BCUT2D eigenvalue weighted by Crippen LogP contribution is 2.32. The highest BCUT2D eigenvalue weighted by atomic mass is 79.9. The van der Waals surface area contributed by atoms with Crippen LogP contribution in [-0.2, 0) is 10.0 Å². The van der Waals surface area contributed by atoms with Gasteiger partial charge in [-0.3, -0.25) is 0 Å². The maximum atomic E-state index is 12.3. The van der Waals surface area contributed by atoms with Crippen LogP contribution in [0.3, 0.4) is 0 Å². The summed E-state index contributed by atoms with van der Waals surface area (Å²) in [7, 11) is -3.58. The fourth-order valence-electron chi connectivity index (χ4n) is 1.51. The lowest BCUT2D eigenvalue weighted by Crippen LogP contribution is -2.33. The van der Waals surface area contributed by atoms with Crippen LogP contribution in [0.4, 0.5) is 5.69 Å². The van der Waals surface area contributed by atoms with E-state index in [4.69, 9.17) is 5.73 Å². The SMILES string of the molecule is CSCCC(C)NS(=O)(=O)c1c(Br)cc(N)cc1Br. The van der Waals surface area contributed by atoms with Crippen molar-refractivity contribution in [2.75, 3.05) is 17.7 Å². The molecular weight excluding hydrogens is 416 g/mol. The molecule has 0 saturated carbocycles. The maximum Gasteiger partial charge on any atom is 0.243 e. The lowest BCUT2D eigenvalue weighted by Gasteiger charge is -2.16. The third kappa shape index (κ3) is 4.93. The molecule has 0 bridgehead atoms. The summed E-state index contributed by atoms with van der Waals surface area (Å²) in [5, 5.41) is 0. The number of nitrogen functional groups attached to an aromatic ring is 1. The van der Waals surface area contributed by atoms with Crippen LogP contribution >= 0.6 is 43.6 Å². The Morgan fingerprint density at radius 2 is 1.89 bits per heavy atom. The third-order valence-corrected chi connectivity index (χ3v) is 6.51. The molecule has 3 N–H and O–H groups in total. The quantitative estimate of drug-likeness (QED) is 0.678. The topological polar surface area (TPSA) is 72.2 Å². The van der Waals surface area contributed by atoms with Gasteiger partial charge in [0.25, 0.3) is 0 Å². The number of hydrogen-bond acceptors (Lipinski definition) is 4. The zero-order valence-corrected chi connectivity index (χ0v) is 15.4. The second-order valence-electron chi connectivity index (χ2n) is 4.12. The van der Waals surface area contributed by atoms with Crippen LogP contribution in [0.1, 0.15) is 13.3 Å². The van der Waals surface area contributed by atoms with Crippen molar-refractivity contribution >= 4 is 59.3 Å². The van der Waals surface area contributed by atoms with Crippen LogP contribution in [0.25, 0.3) is 0 Å². The maximum absolute atomic E-state index is 12.3. The second kappa shape index (κ2) is 7.31. The summed E-state index contributed by atoms with van der Waals surface area (Å²) in [5.74, 6) is 0.910. The molecule has 0 spiro atoms. The number of rotatable bonds is 6. The summed E-state index contributed by atoms with van der Waals surface area (Å²) in [6.07, 6.45) is 2.78. The highest BCUT2D eigenvalue weighted by molar-refractivity contribution is 9.11. The molecule has 0 radical (unpaired) electrons. The van der Waals surface area contributed by atoms with Gasteiger partial charge in [-0.25, -0.2) is 13.1 Å². The first-order chi connectivity index (χ1) is 8.77. The Morgan fingerprint density at radius 1 is 1.37 bits per heavy atom. The van der Waals surface area contributed by atoms with Gasteiger partial charge in [-0.05, 0) is 69.3 Å². The molecule has 8 heteroatoms. The lowest BCUT2D eigenvalue weighted by molar-refractivity contribution is 0.556. The van der Waals surface area contributed by atoms with Crippen molar-refractivity contribution in [3.63, 3.8) is 0 Å². The first kappa shape index (κ1) is 17.3. The fourth-order valence-corrected chi connectivity index (χ4v) is 6.00. The van der Waals surface area contributed by atoms with Gasteiger partial charge in [0.2, 0.25) is 10.0 Å². The van der Waals surface area contributed by atoms with E-state index in [1.54, 1.807) is 23.9 Å². The van der Waals surface area contributed by atoms with Crippen LogP contribution in [0.5, 0.6) is 0 Å². The Kier molecular flexibility index (Phi) is 6.65. The molecule has 1 rings (SSSR count). The summed E-state index contributed by atoms with van der Waals surface area (Å²) in [6.45, 7) is 1.85. The number of sulfonamides is 1. The van der Waals surface area contributed by atoms with E-state index in [0.717, 1.165) is 12.2 Å². The van der Waals surface area contributed by atoms with Gasteiger partial charge >= 0.3 is 0 Å². The van der Waals surface area contributed by atoms with Gasteiger partial charge in [0, 0.05) is 20.7 Å². The van der Waals surface area contributed by atoms with Crippen molar-refractivity contribution in [2.45, 2.75) is 24.3 Å². The van der Waals surface area contributed by atoms with Crippen LogP contribution in [0.15, 0.2) is 26.0 Å². The zero-order valence-electron chi connectivity index (χ0n) is 10.6. The molecular formula is C11H16Br2N2O2S2. The number of nitrogens with one attached hydrogen (secondary N) is 1. The van der Waals surface area contributed by atoms with Gasteiger partial charge < -0.3 is 5.73 Å². The number of hydrogen-bond donors (Lipinski definition) is 2. The van der Waals surface area contributed by atoms with E-state index in [9.17, 15) is 8.42 Å². The number of anilines is 1. The minimum absolute atomic E-state index is 0.117. The average Bonchev–Trinajstić information content (AvgIpc) is 2.23. The van der Waals surface area contributed by atoms with Crippen molar-refractivity contribution in [3.05, 3.63) is 21.1 Å². The fraction of sp³-hybridized carbons (Fsp3) is 0.455. The van der Waals surface area contributed by atoms with Crippen LogP contribution < -0.4 is 10.5 Å². The average molecular weight is 432 g/mol. The largest absolute Gasteiger partial charge is 0.399 e. The predicted molar refractivity (Wildman–Crippen MR) is 89.0 cm³/mol. The zero-order chi connectivity index (χ0) is 14.6. The molecule has 1 aromatic rings. The summed E-state index contributed by atoms with van der Waals surface area (Å²) in [5.41, 5.74) is 6.15. The van der Waals surface area contributed by atoms with Crippen LogP contribution in [0.2, 0.25) is 0 Å². The standard InChI is InChI=1S/C11H16Br2N2O2S2/c1-7(3-4-18-2)15-19(16,17)11-9(12)5-8(14)6-10(11)13/h5-7,15H,3-4,14H2,1-2H3. The highest BCUT2D eigenvalue weighted by Gasteiger charge is 2.23. The van der Waals surface area contributed by atoms with E-state index in [1.165, 1.54) is 0 Å². The van der Waals surface area contributed by atoms with Gasteiger partial charge in [-0.15, -0.1) is 0 Å². The van der Waals surface area contributed by atoms with Crippen LogP contribution in [-0.4, -0.2) is 26.5 Å². The number of benzene rings is 1. The molecule has 108 valence electrons. The molecule has 1 aromatic carbocycles. The van der Waals surface area contributed by atoms with Crippen LogP contribution in [0, 0.1) is 0 Å². The second-order valence-corrected chi connectivity index (χ2v) is 8.46. The summed E-state index contributed by atoms with van der Waals surface area (Å²) in [6, 6.07) is 3.03. The van der Waals surface area contributed by atoms with E-state index in [1.807, 2.05) is 13.2 Å². The molecule has 0 fully saturated rings. The third-order valence-electron chi connectivity index (χ3n) is 2.40. The molecule has 0 saturated heterocycles.